The second-order valence-corrected chi connectivity index (χ2v) is 14.5. The lowest BCUT2D eigenvalue weighted by atomic mass is 10.0. The number of primary amides is 1. The van der Waals surface area contributed by atoms with Crippen LogP contribution < -0.4 is 37.6 Å². The maximum atomic E-state index is 14.2. The minimum absolute atomic E-state index is 0.00208. The Kier molecular flexibility index (Phi) is 14.7. The molecule has 0 saturated heterocycles. The van der Waals surface area contributed by atoms with E-state index in [1.165, 1.54) is 6.92 Å². The number of rotatable bonds is 18. The molecule has 16 nitrogen and oxygen atoms in total. The maximum absolute atomic E-state index is 14.2. The van der Waals surface area contributed by atoms with E-state index in [0.717, 1.165) is 27.6 Å². The molecule has 0 fully saturated rings. The zero-order valence-electron chi connectivity index (χ0n) is 33.3. The van der Waals surface area contributed by atoms with Gasteiger partial charge < -0.3 is 47.7 Å². The first-order valence-corrected chi connectivity index (χ1v) is 19.2. The molecule has 4 aromatic carbocycles. The number of carbonyl (C=O) groups excluding carboxylic acids is 6. The molecule has 16 heteroatoms. The van der Waals surface area contributed by atoms with E-state index >= 15 is 0 Å². The molecule has 0 radical (unpaired) electrons. The van der Waals surface area contributed by atoms with Crippen molar-refractivity contribution < 1.29 is 38.7 Å². The molecule has 7 amide bonds. The first-order valence-electron chi connectivity index (χ1n) is 19.2. The molecule has 0 aliphatic heterocycles. The number of hydrogen-bond donors (Lipinski definition) is 9. The summed E-state index contributed by atoms with van der Waals surface area (Å²) in [5, 5.41) is 26.4. The Labute approximate surface area is 346 Å². The molecule has 10 N–H and O–H groups in total. The van der Waals surface area contributed by atoms with Crippen LogP contribution in [0.25, 0.3) is 10.9 Å². The number of anilines is 2. The number of aryl methyl sites for hydroxylation is 2. The van der Waals surface area contributed by atoms with E-state index in [2.05, 4.69) is 36.9 Å². The van der Waals surface area contributed by atoms with E-state index in [0.29, 0.717) is 22.5 Å². The molecule has 1 aromatic heterocycles. The van der Waals surface area contributed by atoms with Crippen molar-refractivity contribution in [2.45, 2.75) is 70.6 Å². The van der Waals surface area contributed by atoms with Gasteiger partial charge in [-0.05, 0) is 60.4 Å². The molecular weight excluding hydrogens is 769 g/mol. The number of carboxylic acid groups (broad SMARTS) is 1. The summed E-state index contributed by atoms with van der Waals surface area (Å²) in [5.41, 5.74) is 11.1. The Morgan fingerprint density at radius 1 is 0.650 bits per heavy atom. The van der Waals surface area contributed by atoms with E-state index in [1.807, 2.05) is 62.4 Å². The molecule has 0 saturated carbocycles. The van der Waals surface area contributed by atoms with Gasteiger partial charge in [-0.3, -0.25) is 28.8 Å². The van der Waals surface area contributed by atoms with Crippen LogP contribution >= 0.6 is 0 Å². The second-order valence-electron chi connectivity index (χ2n) is 14.5. The van der Waals surface area contributed by atoms with Crippen molar-refractivity contribution >= 4 is 63.8 Å². The number of carboxylic acids is 1. The van der Waals surface area contributed by atoms with Crippen LogP contribution in [-0.4, -0.2) is 75.8 Å². The first-order chi connectivity index (χ1) is 28.6. The number of fused-ring (bicyclic) bond motifs is 1. The molecule has 0 bridgehead atoms. The number of aliphatic carboxylic acids is 1. The van der Waals surface area contributed by atoms with E-state index in [1.54, 1.807) is 54.7 Å². The van der Waals surface area contributed by atoms with E-state index in [-0.39, 0.29) is 19.3 Å². The number of benzene rings is 4. The van der Waals surface area contributed by atoms with Crippen LogP contribution in [0.5, 0.6) is 0 Å². The average molecular weight is 817 g/mol. The largest absolute Gasteiger partial charge is 0.481 e. The van der Waals surface area contributed by atoms with Gasteiger partial charge in [-0.2, -0.15) is 0 Å². The highest BCUT2D eigenvalue weighted by Crippen LogP contribution is 2.20. The predicted octanol–water partition coefficient (Wildman–Crippen LogP) is 3.38. The summed E-state index contributed by atoms with van der Waals surface area (Å²) in [6.07, 6.45) is 0.683. The molecule has 60 heavy (non-hydrogen) atoms. The fourth-order valence-corrected chi connectivity index (χ4v) is 6.58. The van der Waals surface area contributed by atoms with Crippen molar-refractivity contribution in [3.05, 3.63) is 131 Å². The number of amides is 7. The molecular formula is C44H48N8O8. The van der Waals surface area contributed by atoms with Gasteiger partial charge in [0.05, 0.1) is 6.42 Å². The van der Waals surface area contributed by atoms with E-state index < -0.39 is 72.1 Å². The van der Waals surface area contributed by atoms with Crippen LogP contribution in [0, 0.1) is 13.8 Å². The van der Waals surface area contributed by atoms with Gasteiger partial charge in [-0.1, -0.05) is 78.4 Å². The number of para-hydroxylation sites is 2. The quantitative estimate of drug-likeness (QED) is 0.0633. The lowest BCUT2D eigenvalue weighted by molar-refractivity contribution is -0.141. The fraction of sp³-hybridized carbons (Fsp3) is 0.250. The lowest BCUT2D eigenvalue weighted by Gasteiger charge is -2.26. The Morgan fingerprint density at radius 3 is 1.95 bits per heavy atom. The Hall–Kier alpha value is -7.49. The third-order valence-electron chi connectivity index (χ3n) is 9.68. The van der Waals surface area contributed by atoms with Gasteiger partial charge in [0, 0.05) is 54.7 Å². The summed E-state index contributed by atoms with van der Waals surface area (Å²) in [6.45, 7) is 4.98. The fourth-order valence-electron chi connectivity index (χ4n) is 6.58. The number of H-pyrrole nitrogens is 1. The second kappa shape index (κ2) is 20.3. The van der Waals surface area contributed by atoms with Gasteiger partial charge in [0.15, 0.2) is 0 Å². The predicted molar refractivity (Wildman–Crippen MR) is 226 cm³/mol. The van der Waals surface area contributed by atoms with Crippen LogP contribution in [-0.2, 0) is 48.0 Å². The highest BCUT2D eigenvalue weighted by atomic mass is 16.4. The number of nitrogens with one attached hydrogen (secondary N) is 7. The summed E-state index contributed by atoms with van der Waals surface area (Å²) in [5.74, 6) is -5.50. The van der Waals surface area contributed by atoms with Crippen LogP contribution in [0.2, 0.25) is 0 Å². The highest BCUT2D eigenvalue weighted by molar-refractivity contribution is 6.00. The summed E-state index contributed by atoms with van der Waals surface area (Å²) >= 11 is 0. The highest BCUT2D eigenvalue weighted by Gasteiger charge is 2.33. The van der Waals surface area contributed by atoms with Crippen molar-refractivity contribution in [1.29, 1.82) is 0 Å². The van der Waals surface area contributed by atoms with Crippen LogP contribution in [0.3, 0.4) is 0 Å². The van der Waals surface area contributed by atoms with Gasteiger partial charge in [0.2, 0.25) is 29.5 Å². The molecule has 4 atom stereocenters. The Balaban J connectivity index is 1.40. The molecule has 5 aromatic rings. The van der Waals surface area contributed by atoms with Gasteiger partial charge >= 0.3 is 12.0 Å². The standard InChI is InChI=1S/C44H48N8O8/c1-25-15-17-28(18-16-25)20-35(40(45)56)49-43(59)38(23-39(54)55)51-41(57)36(21-29-10-8-11-31(19-29)48-44(60)52-33-13-6-4-9-26(33)2)50-42(58)37(47-27(3)53)22-30-24-46-34-14-7-5-12-32(30)34/h4-19,24,35-38,46H,20-23H2,1-3H3,(H2,45,56)(H,47,53)(H,49,59)(H,50,58)(H,51,57)(H,54,55)(H2,48,52,60)/t35-,36?,37+,38+/m1/s1. The van der Waals surface area contributed by atoms with Crippen LogP contribution in [0.15, 0.2) is 103 Å². The molecule has 1 heterocycles. The first kappa shape index (κ1) is 43.6. The lowest BCUT2D eigenvalue weighted by Crippen LogP contribution is -2.59. The minimum Gasteiger partial charge on any atom is -0.481 e. The zero-order valence-corrected chi connectivity index (χ0v) is 33.3. The van der Waals surface area contributed by atoms with Crippen LogP contribution in [0.1, 0.15) is 41.2 Å². The molecule has 312 valence electrons. The number of aromatic nitrogens is 1. The smallest absolute Gasteiger partial charge is 0.323 e. The molecule has 5 rings (SSSR count). The van der Waals surface area contributed by atoms with Gasteiger partial charge in [-0.25, -0.2) is 4.79 Å². The van der Waals surface area contributed by atoms with Crippen molar-refractivity contribution in [3.63, 3.8) is 0 Å². The van der Waals surface area contributed by atoms with E-state index in [9.17, 15) is 38.7 Å². The minimum atomic E-state index is -1.70. The molecule has 0 spiro atoms. The van der Waals surface area contributed by atoms with Gasteiger partial charge in [-0.15, -0.1) is 0 Å². The molecule has 0 aliphatic carbocycles. The number of hydrogen-bond acceptors (Lipinski definition) is 7. The molecule has 0 aliphatic rings. The third kappa shape index (κ3) is 12.5. The summed E-state index contributed by atoms with van der Waals surface area (Å²) in [6, 6.07) is 22.2. The maximum Gasteiger partial charge on any atom is 0.323 e. The number of urea groups is 1. The zero-order chi connectivity index (χ0) is 43.3. The SMILES string of the molecule is CC(=O)N[C@@H](Cc1c[nH]c2ccccc12)C(=O)NC(Cc1cccc(NC(=O)Nc2ccccc2C)c1)C(=O)N[C@@H](CC(=O)O)C(=O)N[C@H](Cc1ccc(C)cc1)C(N)=O. The summed E-state index contributed by atoms with van der Waals surface area (Å²) in [7, 11) is 0. The van der Waals surface area contributed by atoms with Crippen molar-refractivity contribution in [2.24, 2.45) is 5.73 Å². The summed E-state index contributed by atoms with van der Waals surface area (Å²) < 4.78 is 0. The van der Waals surface area contributed by atoms with E-state index in [4.69, 9.17) is 5.73 Å². The van der Waals surface area contributed by atoms with Crippen molar-refractivity contribution in [3.8, 4) is 0 Å². The molecule has 1 unspecified atom stereocenters. The Morgan fingerprint density at radius 2 is 1.27 bits per heavy atom. The average Bonchev–Trinajstić information content (AvgIpc) is 3.60. The number of aromatic amines is 1. The van der Waals surface area contributed by atoms with Crippen molar-refractivity contribution in [2.75, 3.05) is 10.6 Å². The summed E-state index contributed by atoms with van der Waals surface area (Å²) in [4.78, 5) is 94.7. The monoisotopic (exact) mass is 816 g/mol. The van der Waals surface area contributed by atoms with Crippen molar-refractivity contribution in [1.82, 2.24) is 26.3 Å². The number of carbonyl (C=O) groups is 7. The topological polar surface area (TPSA) is 254 Å². The van der Waals surface area contributed by atoms with Gasteiger partial charge in [0.1, 0.15) is 24.2 Å². The van der Waals surface area contributed by atoms with Crippen LogP contribution in [0.4, 0.5) is 16.2 Å². The third-order valence-corrected chi connectivity index (χ3v) is 9.68. The number of nitrogens with two attached hydrogens (primary N) is 1. The Bertz CT molecular complexity index is 2380. The van der Waals surface area contributed by atoms with Gasteiger partial charge in [0.25, 0.3) is 0 Å². The normalized spacial score (nSPS) is 12.8.